The summed E-state index contributed by atoms with van der Waals surface area (Å²) >= 11 is 0. The van der Waals surface area contributed by atoms with Crippen molar-refractivity contribution in [3.05, 3.63) is 82.9 Å². The smallest absolute Gasteiger partial charge is 0.387 e. The Kier molecular flexibility index (Phi) is 6.24. The molecule has 2 heterocycles. The molecule has 0 aliphatic rings. The Morgan fingerprint density at radius 1 is 1.00 bits per heavy atom. The van der Waals surface area contributed by atoms with Gasteiger partial charge in [-0.15, -0.1) is 0 Å². The van der Waals surface area contributed by atoms with E-state index in [1.165, 1.54) is 19.1 Å². The second kappa shape index (κ2) is 9.13. The minimum atomic E-state index is -2.90. The zero-order chi connectivity index (χ0) is 24.6. The fraction of sp³-hybridized carbons (Fsp3) is 0.231. The van der Waals surface area contributed by atoms with Crippen molar-refractivity contribution in [2.75, 3.05) is 0 Å². The van der Waals surface area contributed by atoms with Gasteiger partial charge in [0, 0.05) is 33.6 Å². The third-order valence-corrected chi connectivity index (χ3v) is 5.70. The number of alkyl halides is 2. The number of rotatable bonds is 7. The van der Waals surface area contributed by atoms with Crippen molar-refractivity contribution in [3.63, 3.8) is 0 Å². The first-order chi connectivity index (χ1) is 16.2. The summed E-state index contributed by atoms with van der Waals surface area (Å²) in [6.07, 6.45) is -1.05. The van der Waals surface area contributed by atoms with Gasteiger partial charge in [-0.3, -0.25) is 4.79 Å². The predicted molar refractivity (Wildman–Crippen MR) is 122 cm³/mol. The van der Waals surface area contributed by atoms with E-state index in [1.807, 2.05) is 29.7 Å². The van der Waals surface area contributed by atoms with Crippen LogP contribution in [-0.2, 0) is 4.74 Å². The Bertz CT molecular complexity index is 1370. The second-order valence-electron chi connectivity index (χ2n) is 7.96. The van der Waals surface area contributed by atoms with Gasteiger partial charge in [-0.25, -0.2) is 4.79 Å². The zero-order valence-corrected chi connectivity index (χ0v) is 19.1. The van der Waals surface area contributed by atoms with Gasteiger partial charge < -0.3 is 18.5 Å². The highest BCUT2D eigenvalue weighted by Crippen LogP contribution is 2.27. The maximum atomic E-state index is 13.1. The topological polar surface area (TPSA) is 70.7 Å². The van der Waals surface area contributed by atoms with Gasteiger partial charge in [-0.2, -0.15) is 8.78 Å². The summed E-state index contributed by atoms with van der Waals surface area (Å²) in [6, 6.07) is 15.1. The molecule has 0 spiro atoms. The summed E-state index contributed by atoms with van der Waals surface area (Å²) in [4.78, 5) is 25.9. The van der Waals surface area contributed by atoms with Gasteiger partial charge in [-0.05, 0) is 64.1 Å². The Morgan fingerprint density at radius 3 is 2.32 bits per heavy atom. The van der Waals surface area contributed by atoms with Crippen LogP contribution in [0.5, 0.6) is 5.75 Å². The number of halogens is 2. The Balaban J connectivity index is 1.54. The summed E-state index contributed by atoms with van der Waals surface area (Å²) in [5.74, 6) is -0.964. The van der Waals surface area contributed by atoms with Gasteiger partial charge in [-0.1, -0.05) is 18.2 Å². The quantitative estimate of drug-likeness (QED) is 0.240. The molecule has 8 heteroatoms. The minimum absolute atomic E-state index is 0.0407. The monoisotopic (exact) mass is 467 g/mol. The van der Waals surface area contributed by atoms with E-state index in [1.54, 1.807) is 38.1 Å². The fourth-order valence-electron chi connectivity index (χ4n) is 4.04. The molecule has 2 aromatic carbocycles. The molecular formula is C26H23F2NO5. The van der Waals surface area contributed by atoms with Gasteiger partial charge in [0.1, 0.15) is 11.3 Å². The average Bonchev–Trinajstić information content (AvgIpc) is 3.29. The Hall–Kier alpha value is -3.94. The van der Waals surface area contributed by atoms with Crippen molar-refractivity contribution in [3.8, 4) is 11.4 Å². The number of carbonyl (C=O) groups excluding carboxylic acids is 2. The number of ketones is 1. The maximum Gasteiger partial charge on any atom is 0.387 e. The lowest BCUT2D eigenvalue weighted by molar-refractivity contribution is -0.0498. The summed E-state index contributed by atoms with van der Waals surface area (Å²) in [7, 11) is 0. The number of carbonyl (C=O) groups is 2. The molecule has 4 aromatic rings. The number of furan rings is 1. The first kappa shape index (κ1) is 23.2. The van der Waals surface area contributed by atoms with Crippen molar-refractivity contribution in [2.24, 2.45) is 0 Å². The van der Waals surface area contributed by atoms with Gasteiger partial charge in [0.2, 0.25) is 11.5 Å². The van der Waals surface area contributed by atoms with Crippen LogP contribution in [0, 0.1) is 20.8 Å². The van der Waals surface area contributed by atoms with Crippen molar-refractivity contribution < 1.29 is 32.3 Å². The first-order valence-corrected chi connectivity index (χ1v) is 10.6. The standard InChI is InChI=1S/C26H23F2NO5/c1-14-13-21(16(3)29(14)18-9-11-19(12-10-18)33-26(27)28)23(30)17(4)32-25(31)24-15(2)20-7-5-6-8-22(20)34-24/h5-13,17,26H,1-4H3/t17-/m1/s1. The second-order valence-corrected chi connectivity index (χ2v) is 7.96. The molecule has 0 saturated heterocycles. The van der Waals surface area contributed by atoms with E-state index in [0.29, 0.717) is 28.1 Å². The number of fused-ring (bicyclic) bond motifs is 1. The number of hydrogen-bond donors (Lipinski definition) is 0. The van der Waals surface area contributed by atoms with Gasteiger partial charge >= 0.3 is 12.6 Å². The van der Waals surface area contributed by atoms with E-state index in [-0.39, 0.29) is 17.3 Å². The number of hydrogen-bond acceptors (Lipinski definition) is 5. The molecular weight excluding hydrogens is 444 g/mol. The number of benzene rings is 2. The van der Waals surface area contributed by atoms with Crippen molar-refractivity contribution in [1.82, 2.24) is 4.57 Å². The summed E-state index contributed by atoms with van der Waals surface area (Å²) < 4.78 is 42.1. The normalized spacial score (nSPS) is 12.2. The third-order valence-electron chi connectivity index (χ3n) is 5.70. The van der Waals surface area contributed by atoms with Crippen LogP contribution in [-0.4, -0.2) is 29.0 Å². The maximum absolute atomic E-state index is 13.1. The van der Waals surface area contributed by atoms with E-state index >= 15 is 0 Å². The predicted octanol–water partition coefficient (Wildman–Crippen LogP) is 6.18. The van der Waals surface area contributed by atoms with Crippen LogP contribution in [0.1, 0.15) is 44.8 Å². The molecule has 1 atom stereocenters. The highest BCUT2D eigenvalue weighted by Gasteiger charge is 2.27. The molecule has 4 rings (SSSR count). The molecule has 0 radical (unpaired) electrons. The Labute approximate surface area is 194 Å². The Morgan fingerprint density at radius 2 is 1.68 bits per heavy atom. The lowest BCUT2D eigenvalue weighted by Gasteiger charge is -2.13. The number of aromatic nitrogens is 1. The van der Waals surface area contributed by atoms with Crippen LogP contribution in [0.2, 0.25) is 0 Å². The lowest BCUT2D eigenvalue weighted by Crippen LogP contribution is -2.25. The molecule has 0 saturated carbocycles. The third kappa shape index (κ3) is 4.31. The fourth-order valence-corrected chi connectivity index (χ4v) is 4.04. The van der Waals surface area contributed by atoms with Crippen LogP contribution < -0.4 is 4.74 Å². The van der Waals surface area contributed by atoms with Crippen molar-refractivity contribution in [1.29, 1.82) is 0 Å². The number of Topliss-reactive ketones (excluding diaryl/α,β-unsaturated/α-hetero) is 1. The molecule has 176 valence electrons. The number of ether oxygens (including phenoxy) is 2. The van der Waals surface area contributed by atoms with Gasteiger partial charge in [0.25, 0.3) is 0 Å². The van der Waals surface area contributed by atoms with E-state index in [4.69, 9.17) is 9.15 Å². The average molecular weight is 467 g/mol. The summed E-state index contributed by atoms with van der Waals surface area (Å²) in [5.41, 5.74) is 3.69. The van der Waals surface area contributed by atoms with E-state index in [0.717, 1.165) is 11.1 Å². The van der Waals surface area contributed by atoms with Crippen LogP contribution in [0.15, 0.2) is 59.0 Å². The van der Waals surface area contributed by atoms with E-state index in [2.05, 4.69) is 4.74 Å². The minimum Gasteiger partial charge on any atom is -0.449 e. The molecule has 2 aromatic heterocycles. The molecule has 0 bridgehead atoms. The molecule has 0 aliphatic carbocycles. The zero-order valence-electron chi connectivity index (χ0n) is 19.1. The number of nitrogens with zero attached hydrogens (tertiary/aromatic N) is 1. The molecule has 6 nitrogen and oxygen atoms in total. The summed E-state index contributed by atoms with van der Waals surface area (Å²) in [6.45, 7) is 3.96. The molecule has 0 amide bonds. The van der Waals surface area contributed by atoms with Crippen molar-refractivity contribution >= 4 is 22.7 Å². The van der Waals surface area contributed by atoms with Gasteiger partial charge in [0.05, 0.1) is 0 Å². The largest absolute Gasteiger partial charge is 0.449 e. The molecule has 0 fully saturated rings. The van der Waals surface area contributed by atoms with E-state index in [9.17, 15) is 18.4 Å². The molecule has 34 heavy (non-hydrogen) atoms. The number of aryl methyl sites for hydroxylation is 2. The summed E-state index contributed by atoms with van der Waals surface area (Å²) in [5, 5.41) is 0.807. The highest BCUT2D eigenvalue weighted by atomic mass is 19.3. The van der Waals surface area contributed by atoms with Crippen LogP contribution in [0.4, 0.5) is 8.78 Å². The lowest BCUT2D eigenvalue weighted by atomic mass is 10.1. The van der Waals surface area contributed by atoms with Crippen LogP contribution >= 0.6 is 0 Å². The van der Waals surface area contributed by atoms with Crippen LogP contribution in [0.25, 0.3) is 16.7 Å². The van der Waals surface area contributed by atoms with Crippen LogP contribution in [0.3, 0.4) is 0 Å². The highest BCUT2D eigenvalue weighted by molar-refractivity contribution is 6.03. The molecule has 0 N–H and O–H groups in total. The number of para-hydroxylation sites is 1. The van der Waals surface area contributed by atoms with E-state index < -0.39 is 18.7 Å². The van der Waals surface area contributed by atoms with Crippen molar-refractivity contribution in [2.45, 2.75) is 40.4 Å². The van der Waals surface area contributed by atoms with Gasteiger partial charge in [0.15, 0.2) is 6.10 Å². The SMILES string of the molecule is Cc1c(C(=O)O[C@H](C)C(=O)c2cc(C)n(-c3ccc(OC(F)F)cc3)c2C)oc2ccccc12. The first-order valence-electron chi connectivity index (χ1n) is 10.6. The molecule has 0 unspecified atom stereocenters. The molecule has 0 aliphatic heterocycles. The number of esters is 1.